The van der Waals surface area contributed by atoms with Gasteiger partial charge in [-0.15, -0.1) is 10.2 Å². The first-order valence-electron chi connectivity index (χ1n) is 8.99. The van der Waals surface area contributed by atoms with Gasteiger partial charge in [-0.3, -0.25) is 4.79 Å². The van der Waals surface area contributed by atoms with Crippen LogP contribution in [0.5, 0.6) is 11.5 Å². The number of carbonyl (C=O) groups excluding carboxylic acids is 1. The Bertz CT molecular complexity index is 1160. The van der Waals surface area contributed by atoms with Crippen molar-refractivity contribution in [3.05, 3.63) is 42.0 Å². The maximum absolute atomic E-state index is 12.4. The number of aryl methyl sites for hydroxylation is 1. The number of aromatic nitrogens is 5. The van der Waals surface area contributed by atoms with Crippen LogP contribution in [-0.4, -0.2) is 44.3 Å². The summed E-state index contributed by atoms with van der Waals surface area (Å²) in [5.74, 6) is 1.56. The van der Waals surface area contributed by atoms with Gasteiger partial charge >= 0.3 is 0 Å². The van der Waals surface area contributed by atoms with Crippen molar-refractivity contribution in [1.29, 1.82) is 0 Å². The lowest BCUT2D eigenvalue weighted by atomic mass is 10.1. The Kier molecular flexibility index (Phi) is 4.32. The second kappa shape index (κ2) is 7.13. The second-order valence-electron chi connectivity index (χ2n) is 6.54. The van der Waals surface area contributed by atoms with Gasteiger partial charge in [-0.25, -0.2) is 4.98 Å². The van der Waals surface area contributed by atoms with E-state index in [4.69, 9.17) is 9.47 Å². The highest BCUT2D eigenvalue weighted by molar-refractivity contribution is 7.22. The lowest BCUT2D eigenvalue weighted by molar-refractivity contribution is -0.117. The van der Waals surface area contributed by atoms with Gasteiger partial charge in [0, 0.05) is 17.7 Å². The molecule has 1 aliphatic heterocycles. The Morgan fingerprint density at radius 1 is 1.17 bits per heavy atom. The highest BCUT2D eigenvalue weighted by Gasteiger charge is 2.16. The quantitative estimate of drug-likeness (QED) is 0.554. The Morgan fingerprint density at radius 2 is 1.93 bits per heavy atom. The van der Waals surface area contributed by atoms with Crippen LogP contribution in [0.3, 0.4) is 0 Å². The summed E-state index contributed by atoms with van der Waals surface area (Å²) >= 11 is 1.37. The average molecular weight is 408 g/mol. The molecule has 4 aromatic rings. The largest absolute Gasteiger partial charge is 0.486 e. The molecule has 0 aliphatic carbocycles. The molecule has 0 unspecified atom stereocenters. The van der Waals surface area contributed by atoms with Gasteiger partial charge in [-0.05, 0) is 12.1 Å². The molecule has 1 N–H and O–H groups in total. The van der Waals surface area contributed by atoms with Crippen molar-refractivity contribution in [2.75, 3.05) is 18.5 Å². The van der Waals surface area contributed by atoms with Crippen LogP contribution >= 0.6 is 11.3 Å². The van der Waals surface area contributed by atoms with Crippen LogP contribution < -0.4 is 14.8 Å². The Morgan fingerprint density at radius 3 is 2.72 bits per heavy atom. The summed E-state index contributed by atoms with van der Waals surface area (Å²) in [6.45, 7) is 2.99. The maximum atomic E-state index is 12.4. The van der Waals surface area contributed by atoms with Crippen LogP contribution in [0, 0.1) is 6.92 Å². The van der Waals surface area contributed by atoms with Crippen LogP contribution in [0.4, 0.5) is 5.13 Å². The number of hydrogen-bond acceptors (Lipinski definition) is 8. The molecule has 1 amide bonds. The van der Waals surface area contributed by atoms with Crippen LogP contribution in [0.1, 0.15) is 5.56 Å². The molecule has 2 aromatic heterocycles. The lowest BCUT2D eigenvalue weighted by Gasteiger charge is -2.17. The summed E-state index contributed by atoms with van der Waals surface area (Å²) in [6.07, 6.45) is 0. The molecule has 146 valence electrons. The fraction of sp³-hybridized carbons (Fsp3) is 0.211. The molecule has 29 heavy (non-hydrogen) atoms. The Hall–Kier alpha value is -3.53. The van der Waals surface area contributed by atoms with E-state index in [0.717, 1.165) is 21.3 Å². The molecule has 3 heterocycles. The number of tetrazole rings is 1. The van der Waals surface area contributed by atoms with E-state index in [1.807, 2.05) is 43.3 Å². The van der Waals surface area contributed by atoms with Crippen molar-refractivity contribution in [3.8, 4) is 22.9 Å². The minimum absolute atomic E-state index is 0.0580. The van der Waals surface area contributed by atoms with Gasteiger partial charge < -0.3 is 14.8 Å². The number of fused-ring (bicyclic) bond motifs is 2. The number of nitrogens with zero attached hydrogens (tertiary/aromatic N) is 5. The predicted octanol–water partition coefficient (Wildman–Crippen LogP) is 2.67. The summed E-state index contributed by atoms with van der Waals surface area (Å²) < 4.78 is 12.1. The zero-order valence-corrected chi connectivity index (χ0v) is 16.3. The fourth-order valence-corrected chi connectivity index (χ4v) is 3.83. The number of amides is 1. The van der Waals surface area contributed by atoms with Crippen molar-refractivity contribution in [2.24, 2.45) is 0 Å². The zero-order chi connectivity index (χ0) is 19.8. The van der Waals surface area contributed by atoms with Gasteiger partial charge in [0.2, 0.25) is 11.7 Å². The van der Waals surface area contributed by atoms with Gasteiger partial charge in [-0.1, -0.05) is 41.2 Å². The summed E-state index contributed by atoms with van der Waals surface area (Å²) in [4.78, 5) is 18.1. The Balaban J connectivity index is 1.29. The van der Waals surface area contributed by atoms with Crippen molar-refractivity contribution in [1.82, 2.24) is 25.2 Å². The highest BCUT2D eigenvalue weighted by Crippen LogP contribution is 2.37. The van der Waals surface area contributed by atoms with E-state index >= 15 is 0 Å². The van der Waals surface area contributed by atoms with Crippen molar-refractivity contribution in [3.63, 3.8) is 0 Å². The average Bonchev–Trinajstić information content (AvgIpc) is 3.32. The van der Waals surface area contributed by atoms with Gasteiger partial charge in [0.25, 0.3) is 0 Å². The molecular weight excluding hydrogens is 392 g/mol. The van der Waals surface area contributed by atoms with Crippen LogP contribution in [0.25, 0.3) is 21.6 Å². The number of anilines is 1. The third-order valence-corrected chi connectivity index (χ3v) is 5.28. The monoisotopic (exact) mass is 408 g/mol. The normalized spacial score (nSPS) is 12.9. The van der Waals surface area contributed by atoms with Crippen LogP contribution in [-0.2, 0) is 11.3 Å². The minimum atomic E-state index is -0.283. The second-order valence-corrected chi connectivity index (χ2v) is 7.57. The lowest BCUT2D eigenvalue weighted by Crippen LogP contribution is -2.20. The summed E-state index contributed by atoms with van der Waals surface area (Å²) in [5, 5.41) is 15.5. The number of thiazole rings is 1. The number of ether oxygens (including phenoxy) is 2. The predicted molar refractivity (Wildman–Crippen MR) is 107 cm³/mol. The molecule has 5 rings (SSSR count). The van der Waals surface area contributed by atoms with E-state index in [1.54, 1.807) is 0 Å². The number of nitrogens with one attached hydrogen (secondary N) is 1. The van der Waals surface area contributed by atoms with Gasteiger partial charge in [0.05, 0.1) is 10.2 Å². The van der Waals surface area contributed by atoms with Crippen LogP contribution in [0.2, 0.25) is 0 Å². The van der Waals surface area contributed by atoms with Gasteiger partial charge in [0.15, 0.2) is 16.6 Å². The van der Waals surface area contributed by atoms with Crippen molar-refractivity contribution >= 4 is 32.6 Å². The summed E-state index contributed by atoms with van der Waals surface area (Å²) in [6, 6.07) is 11.5. The molecule has 0 saturated carbocycles. The first-order valence-corrected chi connectivity index (χ1v) is 9.80. The molecule has 0 atom stereocenters. The molecule has 9 nitrogen and oxygen atoms in total. The zero-order valence-electron chi connectivity index (χ0n) is 15.5. The number of hydrogen-bond donors (Lipinski definition) is 1. The minimum Gasteiger partial charge on any atom is -0.486 e. The van der Waals surface area contributed by atoms with E-state index in [2.05, 4.69) is 25.7 Å². The van der Waals surface area contributed by atoms with E-state index < -0.39 is 0 Å². The number of rotatable bonds is 4. The fourth-order valence-electron chi connectivity index (χ4n) is 2.93. The topological polar surface area (TPSA) is 104 Å². The molecular formula is C19H16N6O3S. The molecule has 0 spiro atoms. The van der Waals surface area contributed by atoms with Gasteiger partial charge in [0.1, 0.15) is 19.8 Å². The number of benzene rings is 2. The maximum Gasteiger partial charge on any atom is 0.249 e. The first kappa shape index (κ1) is 17.6. The SMILES string of the molecule is Cc1ccc(-c2nnn(CC(=O)Nc3nc4cc5c(cc4s3)OCCO5)n2)cc1. The van der Waals surface area contributed by atoms with E-state index in [1.165, 1.54) is 16.1 Å². The van der Waals surface area contributed by atoms with Crippen LogP contribution in [0.15, 0.2) is 36.4 Å². The summed E-state index contributed by atoms with van der Waals surface area (Å²) in [7, 11) is 0. The van der Waals surface area contributed by atoms with Crippen molar-refractivity contribution < 1.29 is 14.3 Å². The third-order valence-electron chi connectivity index (χ3n) is 4.35. The van der Waals surface area contributed by atoms with E-state index in [0.29, 0.717) is 35.7 Å². The van der Waals surface area contributed by atoms with Gasteiger partial charge in [-0.2, -0.15) is 4.80 Å². The first-order chi connectivity index (χ1) is 14.1. The van der Waals surface area contributed by atoms with E-state index in [9.17, 15) is 4.79 Å². The smallest absolute Gasteiger partial charge is 0.249 e. The standard InChI is InChI=1S/C19H16N6O3S/c1-11-2-4-12(5-3-11)18-22-24-25(23-18)10-17(26)21-19-20-13-8-14-15(9-16(13)29-19)28-7-6-27-14/h2-5,8-9H,6-7,10H2,1H3,(H,20,21,26). The summed E-state index contributed by atoms with van der Waals surface area (Å²) in [5.41, 5.74) is 2.74. The Labute approximate surface area is 169 Å². The molecule has 0 saturated heterocycles. The van der Waals surface area contributed by atoms with Crippen molar-refractivity contribution in [2.45, 2.75) is 13.5 Å². The van der Waals surface area contributed by atoms with E-state index in [-0.39, 0.29) is 12.5 Å². The molecule has 1 aliphatic rings. The highest BCUT2D eigenvalue weighted by atomic mass is 32.1. The number of carbonyl (C=O) groups is 1. The molecule has 10 heteroatoms. The molecule has 0 fully saturated rings. The third kappa shape index (κ3) is 3.61. The molecule has 2 aromatic carbocycles. The molecule has 0 radical (unpaired) electrons. The molecule has 0 bridgehead atoms.